The van der Waals surface area contributed by atoms with E-state index in [0.29, 0.717) is 62.1 Å². The lowest BCUT2D eigenvalue weighted by Crippen LogP contribution is -2.51. The second-order valence-electron chi connectivity index (χ2n) is 11.0. The van der Waals surface area contributed by atoms with E-state index < -0.39 is 6.04 Å². The number of carbonyl (C=O) groups is 2. The molecule has 2 aromatic rings. The molecule has 41 heavy (non-hydrogen) atoms. The van der Waals surface area contributed by atoms with Gasteiger partial charge in [-0.1, -0.05) is 39.5 Å². The Bertz CT molecular complexity index is 1260. The zero-order valence-electron chi connectivity index (χ0n) is 24.2. The second kappa shape index (κ2) is 14.1. The largest absolute Gasteiger partial charge is 0.404 e. The fraction of sp³-hybridized carbons (Fsp3) is 0.500. The first-order valence-corrected chi connectivity index (χ1v) is 14.4. The van der Waals surface area contributed by atoms with Crippen molar-refractivity contribution in [1.82, 2.24) is 19.9 Å². The molecule has 0 bridgehead atoms. The van der Waals surface area contributed by atoms with Crippen LogP contribution in [0.2, 0.25) is 0 Å². The van der Waals surface area contributed by atoms with E-state index in [-0.39, 0.29) is 23.8 Å². The summed E-state index contributed by atoms with van der Waals surface area (Å²) in [6, 6.07) is 7.28. The second-order valence-corrected chi connectivity index (χ2v) is 11.0. The fourth-order valence-corrected chi connectivity index (χ4v) is 5.14. The van der Waals surface area contributed by atoms with E-state index in [0.717, 1.165) is 30.4 Å². The molecule has 11 heteroatoms. The predicted molar refractivity (Wildman–Crippen MR) is 161 cm³/mol. The van der Waals surface area contributed by atoms with Crippen LogP contribution in [-0.2, 0) is 20.9 Å². The van der Waals surface area contributed by atoms with Crippen LogP contribution in [0.15, 0.2) is 43.1 Å². The molecule has 2 fully saturated rings. The van der Waals surface area contributed by atoms with Crippen molar-refractivity contribution in [2.75, 3.05) is 35.7 Å². The van der Waals surface area contributed by atoms with Crippen LogP contribution in [-0.4, -0.2) is 63.5 Å². The number of nitrogens with one attached hydrogen (secondary N) is 3. The number of anilines is 3. The zero-order valence-corrected chi connectivity index (χ0v) is 24.2. The van der Waals surface area contributed by atoms with E-state index in [2.05, 4.69) is 44.4 Å². The smallest absolute Gasteiger partial charge is 0.247 e. The minimum atomic E-state index is -0.526. The van der Waals surface area contributed by atoms with Crippen LogP contribution in [0.3, 0.4) is 0 Å². The first kappa shape index (κ1) is 30.0. The summed E-state index contributed by atoms with van der Waals surface area (Å²) in [7, 11) is 0. The predicted octanol–water partition coefficient (Wildman–Crippen LogP) is 3.78. The molecule has 3 heterocycles. The summed E-state index contributed by atoms with van der Waals surface area (Å²) in [4.78, 5) is 41.1. The standard InChI is InChI=1S/C30H42N8O3/c1-5-26(39)38-12-9-20(4)15-25(38)28(40)33-23-8-6-7-21(16-23)18-32-29-35-27(24(17-31)19(2)3)36-30(37-29)34-22-10-13-41-14-11-22/h5-8,16-17,19-20,22,25H,1,9-15,18,31H2,2-4H3,(H,33,40)(H2,32,34,35,36,37). The minimum absolute atomic E-state index is 0.135. The molecular formula is C30H42N8O3. The third-order valence-electron chi connectivity index (χ3n) is 7.52. The number of nitrogens with two attached hydrogens (primary N) is 1. The molecule has 0 saturated carbocycles. The Kier molecular flexibility index (Phi) is 10.3. The summed E-state index contributed by atoms with van der Waals surface area (Å²) >= 11 is 0. The van der Waals surface area contributed by atoms with Crippen molar-refractivity contribution in [2.45, 2.75) is 65.1 Å². The van der Waals surface area contributed by atoms with Crippen molar-refractivity contribution in [3.63, 3.8) is 0 Å². The van der Waals surface area contributed by atoms with Gasteiger partial charge in [-0.05, 0) is 61.3 Å². The van der Waals surface area contributed by atoms with Gasteiger partial charge >= 0.3 is 0 Å². The average Bonchev–Trinajstić information content (AvgIpc) is 2.96. The number of piperidine rings is 1. The van der Waals surface area contributed by atoms with Crippen LogP contribution < -0.4 is 21.7 Å². The van der Waals surface area contributed by atoms with Crippen LogP contribution in [0.5, 0.6) is 0 Å². The number of carbonyl (C=O) groups excluding carboxylic acids is 2. The van der Waals surface area contributed by atoms with Crippen LogP contribution in [0.25, 0.3) is 5.57 Å². The van der Waals surface area contributed by atoms with E-state index in [1.165, 1.54) is 6.08 Å². The van der Waals surface area contributed by atoms with Crippen molar-refractivity contribution in [1.29, 1.82) is 0 Å². The van der Waals surface area contributed by atoms with Gasteiger partial charge in [0.05, 0.1) is 0 Å². The maximum atomic E-state index is 13.2. The highest BCUT2D eigenvalue weighted by atomic mass is 16.5. The van der Waals surface area contributed by atoms with Gasteiger partial charge in [-0.3, -0.25) is 9.59 Å². The number of hydrogen-bond donors (Lipinski definition) is 4. The number of hydrogen-bond acceptors (Lipinski definition) is 9. The molecular weight excluding hydrogens is 520 g/mol. The number of amides is 2. The van der Waals surface area contributed by atoms with Gasteiger partial charge in [-0.15, -0.1) is 0 Å². The average molecular weight is 563 g/mol. The summed E-state index contributed by atoms with van der Waals surface area (Å²) in [5.74, 6) is 1.52. The third kappa shape index (κ3) is 8.03. The Morgan fingerprint density at radius 3 is 2.63 bits per heavy atom. The van der Waals surface area contributed by atoms with Gasteiger partial charge in [-0.2, -0.15) is 15.0 Å². The summed E-state index contributed by atoms with van der Waals surface area (Å²) < 4.78 is 5.47. The van der Waals surface area contributed by atoms with Crippen molar-refractivity contribution in [2.24, 2.45) is 17.6 Å². The quantitative estimate of drug-likeness (QED) is 0.318. The molecule has 1 aromatic heterocycles. The highest BCUT2D eigenvalue weighted by Crippen LogP contribution is 2.25. The first-order valence-electron chi connectivity index (χ1n) is 14.4. The van der Waals surface area contributed by atoms with E-state index in [1.807, 2.05) is 38.1 Å². The SMILES string of the molecule is C=CC(=O)N1CCC(C)CC1C(=O)Nc1cccc(CNc2nc(NC3CCOCC3)nc(C(=CN)C(C)C)n2)c1. The molecule has 2 aliphatic rings. The zero-order chi connectivity index (χ0) is 29.4. The Labute approximate surface area is 242 Å². The van der Waals surface area contributed by atoms with Gasteiger partial charge < -0.3 is 31.3 Å². The summed E-state index contributed by atoms with van der Waals surface area (Å²) in [5, 5.41) is 9.73. The number of nitrogens with zero attached hydrogens (tertiary/aromatic N) is 4. The highest BCUT2D eigenvalue weighted by Gasteiger charge is 2.34. The molecule has 4 rings (SSSR count). The molecule has 1 aromatic carbocycles. The molecule has 2 unspecified atom stereocenters. The lowest BCUT2D eigenvalue weighted by molar-refractivity contribution is -0.137. The fourth-order valence-electron chi connectivity index (χ4n) is 5.14. The lowest BCUT2D eigenvalue weighted by Gasteiger charge is -2.37. The minimum Gasteiger partial charge on any atom is -0.404 e. The molecule has 2 saturated heterocycles. The van der Waals surface area contributed by atoms with Crippen molar-refractivity contribution < 1.29 is 14.3 Å². The topological polar surface area (TPSA) is 147 Å². The molecule has 0 spiro atoms. The number of likely N-dealkylation sites (tertiary alicyclic amines) is 1. The summed E-state index contributed by atoms with van der Waals surface area (Å²) in [6.45, 7) is 12.2. The van der Waals surface area contributed by atoms with Gasteiger partial charge in [0.25, 0.3) is 0 Å². The highest BCUT2D eigenvalue weighted by molar-refractivity contribution is 5.99. The maximum absolute atomic E-state index is 13.2. The normalized spacial score (nSPS) is 20.0. The van der Waals surface area contributed by atoms with Crippen LogP contribution in [0.4, 0.5) is 17.6 Å². The first-order chi connectivity index (χ1) is 19.8. The molecule has 2 atom stereocenters. The molecule has 5 N–H and O–H groups in total. The molecule has 11 nitrogen and oxygen atoms in total. The van der Waals surface area contributed by atoms with Gasteiger partial charge in [-0.25, -0.2) is 0 Å². The number of allylic oxidation sites excluding steroid dienone is 1. The van der Waals surface area contributed by atoms with E-state index in [1.54, 1.807) is 11.1 Å². The molecule has 2 aliphatic heterocycles. The van der Waals surface area contributed by atoms with E-state index in [4.69, 9.17) is 10.5 Å². The number of benzene rings is 1. The Balaban J connectivity index is 1.47. The monoisotopic (exact) mass is 562 g/mol. The number of aromatic nitrogens is 3. The Morgan fingerprint density at radius 1 is 1.17 bits per heavy atom. The number of ether oxygens (including phenoxy) is 1. The maximum Gasteiger partial charge on any atom is 0.247 e. The molecule has 2 amide bonds. The van der Waals surface area contributed by atoms with Crippen molar-refractivity contribution in [3.8, 4) is 0 Å². The van der Waals surface area contributed by atoms with Gasteiger partial charge in [0, 0.05) is 49.8 Å². The Hall–Kier alpha value is -3.99. The van der Waals surface area contributed by atoms with Crippen LogP contribution in [0, 0.1) is 11.8 Å². The number of rotatable bonds is 10. The van der Waals surface area contributed by atoms with Crippen LogP contribution >= 0.6 is 0 Å². The Morgan fingerprint density at radius 2 is 1.93 bits per heavy atom. The van der Waals surface area contributed by atoms with E-state index in [9.17, 15) is 9.59 Å². The third-order valence-corrected chi connectivity index (χ3v) is 7.52. The van der Waals surface area contributed by atoms with E-state index >= 15 is 0 Å². The van der Waals surface area contributed by atoms with Gasteiger partial charge in [0.15, 0.2) is 5.82 Å². The summed E-state index contributed by atoms with van der Waals surface area (Å²) in [6.07, 6.45) is 6.07. The van der Waals surface area contributed by atoms with Crippen molar-refractivity contribution >= 4 is 35.0 Å². The van der Waals surface area contributed by atoms with Gasteiger partial charge in [0.1, 0.15) is 6.04 Å². The van der Waals surface area contributed by atoms with Crippen LogP contribution in [0.1, 0.15) is 57.8 Å². The molecule has 0 radical (unpaired) electrons. The lowest BCUT2D eigenvalue weighted by atomic mass is 9.91. The van der Waals surface area contributed by atoms with Gasteiger partial charge in [0.2, 0.25) is 23.7 Å². The van der Waals surface area contributed by atoms with Crippen molar-refractivity contribution in [3.05, 3.63) is 54.5 Å². The molecule has 0 aliphatic carbocycles. The molecule has 220 valence electrons. The summed E-state index contributed by atoms with van der Waals surface area (Å²) in [5.41, 5.74) is 8.34.